The van der Waals surface area contributed by atoms with Crippen molar-refractivity contribution in [2.75, 3.05) is 19.8 Å². The highest BCUT2D eigenvalue weighted by Gasteiger charge is 2.25. The standard InChI is InChI=1S/C16H17FN2OS/c17-9-12-5-4-8-19(10-12)16(20)14-11-21-15(18-14)13-6-2-1-3-7-13/h1-3,6-7,11-12H,4-5,8-10H2. The number of rotatable bonds is 3. The Kier molecular flexibility index (Phi) is 4.29. The van der Waals surface area contributed by atoms with Gasteiger partial charge >= 0.3 is 0 Å². The number of thiazole rings is 1. The fourth-order valence-electron chi connectivity index (χ4n) is 2.62. The predicted octanol–water partition coefficient (Wildman–Crippen LogP) is 3.63. The smallest absolute Gasteiger partial charge is 0.273 e. The van der Waals surface area contributed by atoms with Crippen LogP contribution in [-0.2, 0) is 0 Å². The lowest BCUT2D eigenvalue weighted by Crippen LogP contribution is -2.40. The first-order chi connectivity index (χ1) is 10.3. The molecule has 1 aliphatic heterocycles. The zero-order valence-electron chi connectivity index (χ0n) is 11.7. The minimum atomic E-state index is -0.351. The van der Waals surface area contributed by atoms with Gasteiger partial charge in [0.05, 0.1) is 6.67 Å². The Hall–Kier alpha value is -1.75. The van der Waals surface area contributed by atoms with Crippen molar-refractivity contribution < 1.29 is 9.18 Å². The molecule has 1 unspecified atom stereocenters. The van der Waals surface area contributed by atoms with Gasteiger partial charge in [0.1, 0.15) is 10.7 Å². The molecule has 0 saturated carbocycles. The largest absolute Gasteiger partial charge is 0.337 e. The van der Waals surface area contributed by atoms with Crippen molar-refractivity contribution in [3.63, 3.8) is 0 Å². The lowest BCUT2D eigenvalue weighted by molar-refractivity contribution is 0.0651. The summed E-state index contributed by atoms with van der Waals surface area (Å²) in [4.78, 5) is 18.6. The molecule has 21 heavy (non-hydrogen) atoms. The van der Waals surface area contributed by atoms with Crippen LogP contribution in [0.25, 0.3) is 10.6 Å². The van der Waals surface area contributed by atoms with E-state index in [-0.39, 0.29) is 18.5 Å². The minimum Gasteiger partial charge on any atom is -0.337 e. The van der Waals surface area contributed by atoms with Gasteiger partial charge in [0.25, 0.3) is 5.91 Å². The number of nitrogens with zero attached hydrogens (tertiary/aromatic N) is 2. The van der Waals surface area contributed by atoms with E-state index in [1.165, 1.54) is 11.3 Å². The molecule has 3 nitrogen and oxygen atoms in total. The summed E-state index contributed by atoms with van der Waals surface area (Å²) in [5, 5.41) is 2.64. The number of alkyl halides is 1. The van der Waals surface area contributed by atoms with Gasteiger partial charge in [0.2, 0.25) is 0 Å². The lowest BCUT2D eigenvalue weighted by atomic mass is 9.99. The van der Waals surface area contributed by atoms with Crippen molar-refractivity contribution in [3.05, 3.63) is 41.4 Å². The molecule has 1 aliphatic rings. The van der Waals surface area contributed by atoms with Gasteiger partial charge in [-0.25, -0.2) is 4.98 Å². The quantitative estimate of drug-likeness (QED) is 0.867. The average Bonchev–Trinajstić information content (AvgIpc) is 3.05. The summed E-state index contributed by atoms with van der Waals surface area (Å²) in [6.45, 7) is 0.858. The van der Waals surface area contributed by atoms with Crippen molar-refractivity contribution in [1.82, 2.24) is 9.88 Å². The van der Waals surface area contributed by atoms with E-state index < -0.39 is 0 Å². The average molecular weight is 304 g/mol. The highest BCUT2D eigenvalue weighted by Crippen LogP contribution is 2.25. The van der Waals surface area contributed by atoms with Crippen LogP contribution < -0.4 is 0 Å². The van der Waals surface area contributed by atoms with E-state index in [2.05, 4.69) is 4.98 Å². The molecule has 0 bridgehead atoms. The zero-order chi connectivity index (χ0) is 14.7. The second kappa shape index (κ2) is 6.35. The topological polar surface area (TPSA) is 33.2 Å². The molecule has 1 atom stereocenters. The van der Waals surface area contributed by atoms with E-state index in [0.29, 0.717) is 18.8 Å². The monoisotopic (exact) mass is 304 g/mol. The normalized spacial score (nSPS) is 18.7. The van der Waals surface area contributed by atoms with Gasteiger partial charge in [-0.05, 0) is 12.8 Å². The van der Waals surface area contributed by atoms with Crippen LogP contribution in [0.4, 0.5) is 4.39 Å². The summed E-state index contributed by atoms with van der Waals surface area (Å²) in [7, 11) is 0. The summed E-state index contributed by atoms with van der Waals surface area (Å²) >= 11 is 1.47. The Balaban J connectivity index is 1.75. The van der Waals surface area contributed by atoms with Gasteiger partial charge in [-0.3, -0.25) is 9.18 Å². The van der Waals surface area contributed by atoms with Gasteiger partial charge in [0.15, 0.2) is 0 Å². The van der Waals surface area contributed by atoms with Gasteiger partial charge in [-0.15, -0.1) is 11.3 Å². The number of carbonyl (C=O) groups excluding carboxylic acids is 1. The van der Waals surface area contributed by atoms with Crippen LogP contribution in [0.2, 0.25) is 0 Å². The van der Waals surface area contributed by atoms with Crippen molar-refractivity contribution in [2.24, 2.45) is 5.92 Å². The number of piperidine rings is 1. The Labute approximate surface area is 127 Å². The Morgan fingerprint density at radius 3 is 2.95 bits per heavy atom. The number of aromatic nitrogens is 1. The predicted molar refractivity (Wildman–Crippen MR) is 82.2 cm³/mol. The number of benzene rings is 1. The second-order valence-corrected chi connectivity index (χ2v) is 6.18. The van der Waals surface area contributed by atoms with Gasteiger partial charge < -0.3 is 4.90 Å². The molecule has 5 heteroatoms. The van der Waals surface area contributed by atoms with Crippen molar-refractivity contribution in [3.8, 4) is 10.6 Å². The fraction of sp³-hybridized carbons (Fsp3) is 0.375. The zero-order valence-corrected chi connectivity index (χ0v) is 12.5. The highest BCUT2D eigenvalue weighted by atomic mass is 32.1. The first-order valence-corrected chi connectivity index (χ1v) is 8.02. The van der Waals surface area contributed by atoms with E-state index in [4.69, 9.17) is 0 Å². The number of amides is 1. The van der Waals surface area contributed by atoms with Gasteiger partial charge in [0, 0.05) is 30.0 Å². The fourth-order valence-corrected chi connectivity index (χ4v) is 3.42. The van der Waals surface area contributed by atoms with Gasteiger partial charge in [-0.1, -0.05) is 30.3 Å². The molecule has 2 heterocycles. The summed E-state index contributed by atoms with van der Waals surface area (Å²) in [5.74, 6) is -0.0958. The molecule has 1 amide bonds. The summed E-state index contributed by atoms with van der Waals surface area (Å²) < 4.78 is 12.8. The van der Waals surface area contributed by atoms with E-state index in [9.17, 15) is 9.18 Å². The van der Waals surface area contributed by atoms with Crippen LogP contribution in [0.5, 0.6) is 0 Å². The van der Waals surface area contributed by atoms with Crippen molar-refractivity contribution in [2.45, 2.75) is 12.8 Å². The van der Waals surface area contributed by atoms with Crippen LogP contribution >= 0.6 is 11.3 Å². The molecule has 0 radical (unpaired) electrons. The van der Waals surface area contributed by atoms with E-state index in [1.807, 2.05) is 30.3 Å². The summed E-state index contributed by atoms with van der Waals surface area (Å²) in [6, 6.07) is 9.82. The van der Waals surface area contributed by atoms with E-state index >= 15 is 0 Å². The summed E-state index contributed by atoms with van der Waals surface area (Å²) in [5.41, 5.74) is 1.49. The minimum absolute atomic E-state index is 0.0186. The summed E-state index contributed by atoms with van der Waals surface area (Å²) in [6.07, 6.45) is 1.74. The molecule has 1 fully saturated rings. The third kappa shape index (κ3) is 3.13. The number of carbonyl (C=O) groups is 1. The van der Waals surface area contributed by atoms with Crippen LogP contribution in [0.15, 0.2) is 35.7 Å². The molecule has 2 aromatic rings. The molecule has 0 N–H and O–H groups in total. The molecule has 1 aromatic heterocycles. The molecule has 3 rings (SSSR count). The highest BCUT2D eigenvalue weighted by molar-refractivity contribution is 7.13. The van der Waals surface area contributed by atoms with Crippen molar-refractivity contribution >= 4 is 17.2 Å². The number of likely N-dealkylation sites (tertiary alicyclic amines) is 1. The van der Waals surface area contributed by atoms with E-state index in [0.717, 1.165) is 23.4 Å². The lowest BCUT2D eigenvalue weighted by Gasteiger charge is -2.30. The Morgan fingerprint density at radius 1 is 1.38 bits per heavy atom. The molecule has 0 spiro atoms. The SMILES string of the molecule is O=C(c1csc(-c2ccccc2)n1)N1CCCC(CF)C1. The van der Waals surface area contributed by atoms with E-state index in [1.54, 1.807) is 10.3 Å². The number of halogens is 1. The first kappa shape index (κ1) is 14.2. The maximum absolute atomic E-state index is 12.8. The van der Waals surface area contributed by atoms with Crippen LogP contribution in [0, 0.1) is 5.92 Å². The Bertz CT molecular complexity index is 614. The third-order valence-corrected chi connectivity index (χ3v) is 4.66. The molecule has 1 saturated heterocycles. The van der Waals surface area contributed by atoms with Gasteiger partial charge in [-0.2, -0.15) is 0 Å². The molecule has 110 valence electrons. The maximum Gasteiger partial charge on any atom is 0.273 e. The van der Waals surface area contributed by atoms with Crippen LogP contribution in [-0.4, -0.2) is 35.6 Å². The molecular weight excluding hydrogens is 287 g/mol. The van der Waals surface area contributed by atoms with Crippen molar-refractivity contribution in [1.29, 1.82) is 0 Å². The molecular formula is C16H17FN2OS. The second-order valence-electron chi connectivity index (χ2n) is 5.32. The van der Waals surface area contributed by atoms with Crippen LogP contribution in [0.1, 0.15) is 23.3 Å². The number of hydrogen-bond donors (Lipinski definition) is 0. The molecule has 1 aromatic carbocycles. The van der Waals surface area contributed by atoms with Crippen LogP contribution in [0.3, 0.4) is 0 Å². The number of hydrogen-bond acceptors (Lipinski definition) is 3. The third-order valence-electron chi connectivity index (χ3n) is 3.77. The Morgan fingerprint density at radius 2 is 2.19 bits per heavy atom. The molecule has 0 aliphatic carbocycles. The first-order valence-electron chi connectivity index (χ1n) is 7.14. The maximum atomic E-state index is 12.8.